The van der Waals surface area contributed by atoms with Crippen LogP contribution in [0, 0.1) is 11.7 Å². The summed E-state index contributed by atoms with van der Waals surface area (Å²) in [5, 5.41) is 0. The first-order chi connectivity index (χ1) is 9.83. The molecule has 0 spiro atoms. The van der Waals surface area contributed by atoms with E-state index < -0.39 is 9.84 Å². The zero-order valence-corrected chi connectivity index (χ0v) is 12.9. The Bertz CT molecular complexity index is 590. The fourth-order valence-corrected chi connectivity index (χ4v) is 3.86. The van der Waals surface area contributed by atoms with Gasteiger partial charge in [0.15, 0.2) is 0 Å². The molecule has 1 aromatic rings. The second kappa shape index (κ2) is 6.56. The molecule has 21 heavy (non-hydrogen) atoms. The number of rotatable bonds is 4. The molecule has 2 rings (SSSR count). The second-order valence-electron chi connectivity index (χ2n) is 5.72. The van der Waals surface area contributed by atoms with Gasteiger partial charge in [0.2, 0.25) is 5.91 Å². The lowest BCUT2D eigenvalue weighted by molar-refractivity contribution is -0.131. The lowest BCUT2D eigenvalue weighted by Crippen LogP contribution is -2.40. The number of benzene rings is 1. The standard InChI is InChI=1S/C15H20FNO3S/c1-21(19,20)11-13-6-8-17(9-7-13)15(18)10-12-2-4-14(16)5-3-12/h2-5,13H,6-11H2,1H3. The van der Waals surface area contributed by atoms with Crippen molar-refractivity contribution in [3.8, 4) is 0 Å². The summed E-state index contributed by atoms with van der Waals surface area (Å²) in [5.41, 5.74) is 0.791. The predicted molar refractivity (Wildman–Crippen MR) is 79.1 cm³/mol. The minimum Gasteiger partial charge on any atom is -0.342 e. The van der Waals surface area contributed by atoms with Crippen LogP contribution in [0.15, 0.2) is 24.3 Å². The Balaban J connectivity index is 1.84. The maximum absolute atomic E-state index is 12.8. The van der Waals surface area contributed by atoms with Crippen molar-refractivity contribution in [2.24, 2.45) is 5.92 Å². The molecule has 1 fully saturated rings. The molecule has 6 heteroatoms. The molecule has 1 aliphatic rings. The van der Waals surface area contributed by atoms with Gasteiger partial charge in [0.1, 0.15) is 15.7 Å². The summed E-state index contributed by atoms with van der Waals surface area (Å²) in [6, 6.07) is 5.93. The summed E-state index contributed by atoms with van der Waals surface area (Å²) < 4.78 is 35.4. The third-order valence-electron chi connectivity index (χ3n) is 3.77. The lowest BCUT2D eigenvalue weighted by atomic mass is 9.98. The van der Waals surface area contributed by atoms with Crippen LogP contribution in [0.1, 0.15) is 18.4 Å². The molecule has 1 aromatic carbocycles. The summed E-state index contributed by atoms with van der Waals surface area (Å²) in [4.78, 5) is 13.9. The number of carbonyl (C=O) groups excluding carboxylic acids is 1. The van der Waals surface area contributed by atoms with Crippen molar-refractivity contribution in [2.45, 2.75) is 19.3 Å². The highest BCUT2D eigenvalue weighted by atomic mass is 32.2. The summed E-state index contributed by atoms with van der Waals surface area (Å²) >= 11 is 0. The van der Waals surface area contributed by atoms with E-state index in [0.29, 0.717) is 13.1 Å². The molecule has 0 aliphatic carbocycles. The van der Waals surface area contributed by atoms with Crippen LogP contribution in [-0.4, -0.2) is 44.3 Å². The third-order valence-corrected chi connectivity index (χ3v) is 4.85. The summed E-state index contributed by atoms with van der Waals surface area (Å²) in [5.74, 6) is 0.0505. The fourth-order valence-electron chi connectivity index (χ4n) is 2.67. The minimum atomic E-state index is -2.95. The van der Waals surface area contributed by atoms with Crippen LogP contribution in [-0.2, 0) is 21.1 Å². The average molecular weight is 313 g/mol. The topological polar surface area (TPSA) is 54.5 Å². The maximum Gasteiger partial charge on any atom is 0.226 e. The number of halogens is 1. The Kier molecular flexibility index (Phi) is 4.98. The SMILES string of the molecule is CS(=O)(=O)CC1CCN(C(=O)Cc2ccc(F)cc2)CC1. The van der Waals surface area contributed by atoms with Gasteiger partial charge in [0.25, 0.3) is 0 Å². The number of sulfone groups is 1. The van der Waals surface area contributed by atoms with E-state index in [1.165, 1.54) is 18.4 Å². The molecule has 1 aliphatic heterocycles. The molecule has 0 saturated carbocycles. The Morgan fingerprint density at radius 2 is 1.81 bits per heavy atom. The summed E-state index contributed by atoms with van der Waals surface area (Å²) in [7, 11) is -2.95. The van der Waals surface area contributed by atoms with Gasteiger partial charge in [-0.05, 0) is 36.5 Å². The number of nitrogens with zero attached hydrogens (tertiary/aromatic N) is 1. The Hall–Kier alpha value is -1.43. The van der Waals surface area contributed by atoms with Gasteiger partial charge >= 0.3 is 0 Å². The molecule has 1 saturated heterocycles. The predicted octanol–water partition coefficient (Wildman–Crippen LogP) is 1.65. The quantitative estimate of drug-likeness (QED) is 0.849. The molecule has 4 nitrogen and oxygen atoms in total. The zero-order valence-electron chi connectivity index (χ0n) is 12.1. The maximum atomic E-state index is 12.8. The molecule has 0 N–H and O–H groups in total. The average Bonchev–Trinajstić information content (AvgIpc) is 2.40. The Morgan fingerprint density at radius 3 is 2.33 bits per heavy atom. The largest absolute Gasteiger partial charge is 0.342 e. The molecule has 0 atom stereocenters. The number of hydrogen-bond donors (Lipinski definition) is 0. The molecule has 0 unspecified atom stereocenters. The minimum absolute atomic E-state index is 0.0133. The number of likely N-dealkylation sites (tertiary alicyclic amines) is 1. The van der Waals surface area contributed by atoms with E-state index in [1.54, 1.807) is 17.0 Å². The van der Waals surface area contributed by atoms with Gasteiger partial charge in [-0.15, -0.1) is 0 Å². The van der Waals surface area contributed by atoms with Gasteiger partial charge in [-0.1, -0.05) is 12.1 Å². The van der Waals surface area contributed by atoms with Crippen molar-refractivity contribution in [3.05, 3.63) is 35.6 Å². The highest BCUT2D eigenvalue weighted by Gasteiger charge is 2.25. The number of amides is 1. The first kappa shape index (κ1) is 15.9. The van der Waals surface area contributed by atoms with E-state index in [2.05, 4.69) is 0 Å². The van der Waals surface area contributed by atoms with E-state index in [4.69, 9.17) is 0 Å². The first-order valence-electron chi connectivity index (χ1n) is 7.03. The van der Waals surface area contributed by atoms with E-state index in [9.17, 15) is 17.6 Å². The molecule has 1 heterocycles. The molecule has 116 valence electrons. The molecule has 0 radical (unpaired) electrons. The van der Waals surface area contributed by atoms with Crippen LogP contribution in [0.4, 0.5) is 4.39 Å². The number of carbonyl (C=O) groups is 1. The fraction of sp³-hybridized carbons (Fsp3) is 0.533. The Labute approximate surface area is 124 Å². The summed E-state index contributed by atoms with van der Waals surface area (Å²) in [6.07, 6.45) is 2.96. The van der Waals surface area contributed by atoms with Gasteiger partial charge in [0.05, 0.1) is 12.2 Å². The smallest absolute Gasteiger partial charge is 0.226 e. The number of hydrogen-bond acceptors (Lipinski definition) is 3. The van der Waals surface area contributed by atoms with Gasteiger partial charge in [-0.25, -0.2) is 12.8 Å². The normalized spacial score (nSPS) is 17.0. The van der Waals surface area contributed by atoms with E-state index >= 15 is 0 Å². The van der Waals surface area contributed by atoms with Crippen molar-refractivity contribution in [1.29, 1.82) is 0 Å². The van der Waals surface area contributed by atoms with Gasteiger partial charge in [-0.2, -0.15) is 0 Å². The highest BCUT2D eigenvalue weighted by Crippen LogP contribution is 2.19. The van der Waals surface area contributed by atoms with E-state index in [1.807, 2.05) is 0 Å². The highest BCUT2D eigenvalue weighted by molar-refractivity contribution is 7.90. The molecular weight excluding hydrogens is 293 g/mol. The zero-order chi connectivity index (χ0) is 15.5. The number of piperidine rings is 1. The van der Waals surface area contributed by atoms with Crippen LogP contribution in [0.25, 0.3) is 0 Å². The second-order valence-corrected chi connectivity index (χ2v) is 7.90. The molecule has 1 amide bonds. The van der Waals surface area contributed by atoms with Crippen LogP contribution >= 0.6 is 0 Å². The Morgan fingerprint density at radius 1 is 1.24 bits per heavy atom. The van der Waals surface area contributed by atoms with E-state index in [0.717, 1.165) is 18.4 Å². The van der Waals surface area contributed by atoms with Crippen LogP contribution < -0.4 is 0 Å². The monoisotopic (exact) mass is 313 g/mol. The van der Waals surface area contributed by atoms with Crippen molar-refractivity contribution in [2.75, 3.05) is 25.1 Å². The van der Waals surface area contributed by atoms with E-state index in [-0.39, 0.29) is 29.8 Å². The first-order valence-corrected chi connectivity index (χ1v) is 9.09. The third kappa shape index (κ3) is 5.12. The van der Waals surface area contributed by atoms with Crippen LogP contribution in [0.5, 0.6) is 0 Å². The molecule has 0 bridgehead atoms. The van der Waals surface area contributed by atoms with Crippen LogP contribution in [0.3, 0.4) is 0 Å². The molecular formula is C15H20FNO3S. The van der Waals surface area contributed by atoms with Gasteiger partial charge in [-0.3, -0.25) is 4.79 Å². The summed E-state index contributed by atoms with van der Waals surface area (Å²) in [6.45, 7) is 1.19. The van der Waals surface area contributed by atoms with Gasteiger partial charge < -0.3 is 4.90 Å². The van der Waals surface area contributed by atoms with Crippen molar-refractivity contribution < 1.29 is 17.6 Å². The van der Waals surface area contributed by atoms with Gasteiger partial charge in [0, 0.05) is 19.3 Å². The van der Waals surface area contributed by atoms with Crippen molar-refractivity contribution in [1.82, 2.24) is 4.90 Å². The van der Waals surface area contributed by atoms with Crippen molar-refractivity contribution in [3.63, 3.8) is 0 Å². The lowest BCUT2D eigenvalue weighted by Gasteiger charge is -2.31. The van der Waals surface area contributed by atoms with Crippen molar-refractivity contribution >= 4 is 15.7 Å². The molecule has 0 aromatic heterocycles. The van der Waals surface area contributed by atoms with Crippen LogP contribution in [0.2, 0.25) is 0 Å².